The molecule has 0 saturated heterocycles. The van der Waals surface area contributed by atoms with Gasteiger partial charge in [-0.05, 0) is 31.2 Å². The highest BCUT2D eigenvalue weighted by molar-refractivity contribution is 7.18. The minimum Gasteiger partial charge on any atom is -0.366 e. The number of nitro groups is 1. The lowest BCUT2D eigenvalue weighted by molar-refractivity contribution is -0.384. The summed E-state index contributed by atoms with van der Waals surface area (Å²) in [5.74, 6) is -0.698. The number of amides is 1. The van der Waals surface area contributed by atoms with Gasteiger partial charge in [0.1, 0.15) is 10.7 Å². The zero-order chi connectivity index (χ0) is 18.1. The third-order valence-electron chi connectivity index (χ3n) is 4.09. The second-order valence-electron chi connectivity index (χ2n) is 5.63. The average molecular weight is 356 g/mol. The number of nitrogens with zero attached hydrogens (tertiary/aromatic N) is 3. The molecule has 25 heavy (non-hydrogen) atoms. The van der Waals surface area contributed by atoms with Gasteiger partial charge in [0.15, 0.2) is 0 Å². The van der Waals surface area contributed by atoms with Crippen LogP contribution in [0.5, 0.6) is 0 Å². The summed E-state index contributed by atoms with van der Waals surface area (Å²) < 4.78 is 1.07. The van der Waals surface area contributed by atoms with Gasteiger partial charge in [0.25, 0.3) is 5.69 Å². The van der Waals surface area contributed by atoms with Crippen molar-refractivity contribution in [3.63, 3.8) is 0 Å². The second kappa shape index (κ2) is 6.48. The smallest absolute Gasteiger partial charge is 0.293 e. The van der Waals surface area contributed by atoms with Crippen molar-refractivity contribution in [2.24, 2.45) is 5.73 Å². The van der Waals surface area contributed by atoms with Gasteiger partial charge in [-0.2, -0.15) is 0 Å². The van der Waals surface area contributed by atoms with E-state index >= 15 is 0 Å². The van der Waals surface area contributed by atoms with Crippen molar-refractivity contribution in [3.8, 4) is 0 Å². The first-order valence-corrected chi connectivity index (χ1v) is 8.36. The molecular formula is C17H16N4O3S. The molecule has 2 N–H and O–H groups in total. The van der Waals surface area contributed by atoms with E-state index < -0.39 is 10.8 Å². The Bertz CT molecular complexity index is 936. The Labute approximate surface area is 147 Å². The number of anilines is 1. The summed E-state index contributed by atoms with van der Waals surface area (Å²) in [4.78, 5) is 28.6. The maximum atomic E-state index is 11.4. The number of fused-ring (bicyclic) bond motifs is 1. The number of nitro benzene ring substituents is 1. The minimum atomic E-state index is -0.698. The van der Waals surface area contributed by atoms with E-state index in [9.17, 15) is 14.9 Å². The highest BCUT2D eigenvalue weighted by atomic mass is 32.1. The molecule has 0 aliphatic rings. The fourth-order valence-corrected chi connectivity index (χ4v) is 3.63. The third kappa shape index (κ3) is 3.16. The second-order valence-corrected chi connectivity index (χ2v) is 6.69. The Kier molecular flexibility index (Phi) is 4.37. The summed E-state index contributed by atoms with van der Waals surface area (Å²) in [6, 6.07) is 11.9. The molecule has 1 atom stereocenters. The summed E-state index contributed by atoms with van der Waals surface area (Å²) in [5, 5.41) is 12.3. The molecule has 0 fully saturated rings. The van der Waals surface area contributed by atoms with E-state index in [1.54, 1.807) is 29.4 Å². The molecule has 2 aromatic carbocycles. The predicted molar refractivity (Wildman–Crippen MR) is 98.1 cm³/mol. The van der Waals surface area contributed by atoms with Gasteiger partial charge in [-0.25, -0.2) is 4.98 Å². The van der Waals surface area contributed by atoms with Crippen LogP contribution < -0.4 is 10.6 Å². The Morgan fingerprint density at radius 2 is 2.04 bits per heavy atom. The molecule has 7 nitrogen and oxygen atoms in total. The maximum absolute atomic E-state index is 11.4. The van der Waals surface area contributed by atoms with Gasteiger partial charge in [-0.1, -0.05) is 12.1 Å². The van der Waals surface area contributed by atoms with Crippen LogP contribution in [0.3, 0.4) is 0 Å². The van der Waals surface area contributed by atoms with E-state index in [1.807, 2.05) is 31.2 Å². The van der Waals surface area contributed by atoms with Crippen LogP contribution in [0.2, 0.25) is 0 Å². The lowest BCUT2D eigenvalue weighted by Crippen LogP contribution is -2.23. The van der Waals surface area contributed by atoms with Crippen LogP contribution >= 0.6 is 11.3 Å². The summed E-state index contributed by atoms with van der Waals surface area (Å²) in [6.07, 6.45) is 0. The predicted octanol–water partition coefficient (Wildman–Crippen LogP) is 3.50. The van der Waals surface area contributed by atoms with Crippen LogP contribution in [-0.2, 0) is 0 Å². The van der Waals surface area contributed by atoms with Crippen LogP contribution in [0.15, 0.2) is 42.5 Å². The van der Waals surface area contributed by atoms with Crippen molar-refractivity contribution in [2.45, 2.75) is 13.0 Å². The lowest BCUT2D eigenvalue weighted by Gasteiger charge is -2.25. The largest absolute Gasteiger partial charge is 0.366 e. The van der Waals surface area contributed by atoms with Crippen molar-refractivity contribution in [1.29, 1.82) is 0 Å². The number of para-hydroxylation sites is 1. The summed E-state index contributed by atoms with van der Waals surface area (Å²) in [5.41, 5.74) is 6.48. The molecule has 0 radical (unpaired) electrons. The number of thiazole rings is 1. The fraction of sp³-hybridized carbons (Fsp3) is 0.176. The summed E-state index contributed by atoms with van der Waals surface area (Å²) in [7, 11) is 1.77. The lowest BCUT2D eigenvalue weighted by atomic mass is 10.1. The molecule has 0 aliphatic heterocycles. The molecule has 8 heteroatoms. The zero-order valence-corrected chi connectivity index (χ0v) is 14.5. The number of hydrogen-bond donors (Lipinski definition) is 1. The van der Waals surface area contributed by atoms with Crippen LogP contribution in [0.1, 0.15) is 28.3 Å². The van der Waals surface area contributed by atoms with Gasteiger partial charge >= 0.3 is 0 Å². The standard InChI is InChI=1S/C17H16N4O3S/c1-10(17-19-12-5-3-4-6-15(12)25-17)20(2)13-8-7-11(16(18)22)9-14(13)21(23)24/h3-10H,1-2H3,(H2,18,22)/t10-/m1/s1. The van der Waals surface area contributed by atoms with E-state index in [4.69, 9.17) is 5.73 Å². The Balaban J connectivity index is 2.00. The Hall–Kier alpha value is -3.00. The van der Waals surface area contributed by atoms with E-state index in [2.05, 4.69) is 4.98 Å². The monoisotopic (exact) mass is 356 g/mol. The zero-order valence-electron chi connectivity index (χ0n) is 13.7. The number of hydrogen-bond acceptors (Lipinski definition) is 6. The van der Waals surface area contributed by atoms with Crippen molar-refractivity contribution in [3.05, 3.63) is 63.1 Å². The average Bonchev–Trinajstić information content (AvgIpc) is 3.03. The molecule has 0 saturated carbocycles. The van der Waals surface area contributed by atoms with Crippen LogP contribution in [0.25, 0.3) is 10.2 Å². The molecular weight excluding hydrogens is 340 g/mol. The van der Waals surface area contributed by atoms with E-state index in [-0.39, 0.29) is 17.3 Å². The molecule has 0 bridgehead atoms. The molecule has 128 valence electrons. The normalized spacial score (nSPS) is 12.1. The molecule has 1 amide bonds. The summed E-state index contributed by atoms with van der Waals surface area (Å²) in [6.45, 7) is 1.93. The van der Waals surface area contributed by atoms with Crippen molar-refractivity contribution in [1.82, 2.24) is 4.98 Å². The molecule has 1 aromatic heterocycles. The first-order valence-electron chi connectivity index (χ1n) is 7.55. The number of carbonyl (C=O) groups excluding carboxylic acids is 1. The van der Waals surface area contributed by atoms with Gasteiger partial charge in [0.2, 0.25) is 5.91 Å². The van der Waals surface area contributed by atoms with E-state index in [0.717, 1.165) is 15.2 Å². The molecule has 0 spiro atoms. The number of benzene rings is 2. The first kappa shape index (κ1) is 16.8. The molecule has 3 aromatic rings. The van der Waals surface area contributed by atoms with Gasteiger partial charge in [0, 0.05) is 18.7 Å². The van der Waals surface area contributed by atoms with Crippen LogP contribution in [0.4, 0.5) is 11.4 Å². The topological polar surface area (TPSA) is 102 Å². The minimum absolute atomic E-state index is 0.108. The number of aromatic nitrogens is 1. The number of carbonyl (C=O) groups is 1. The summed E-state index contributed by atoms with van der Waals surface area (Å²) >= 11 is 1.55. The Morgan fingerprint density at radius 1 is 1.32 bits per heavy atom. The van der Waals surface area contributed by atoms with E-state index in [0.29, 0.717) is 5.69 Å². The van der Waals surface area contributed by atoms with Crippen molar-refractivity contribution >= 4 is 38.8 Å². The fourth-order valence-electron chi connectivity index (χ4n) is 2.56. The SMILES string of the molecule is C[C@H](c1nc2ccccc2s1)N(C)c1ccc(C(N)=O)cc1[N+](=O)[O-]. The molecule has 1 heterocycles. The quantitative estimate of drug-likeness (QED) is 0.557. The van der Waals surface area contributed by atoms with Gasteiger partial charge in [0.05, 0.1) is 21.2 Å². The third-order valence-corrected chi connectivity index (χ3v) is 5.29. The molecule has 0 aliphatic carbocycles. The highest BCUT2D eigenvalue weighted by Gasteiger charge is 2.24. The van der Waals surface area contributed by atoms with Crippen molar-refractivity contribution < 1.29 is 9.72 Å². The van der Waals surface area contributed by atoms with Crippen LogP contribution in [-0.4, -0.2) is 22.9 Å². The maximum Gasteiger partial charge on any atom is 0.293 e. The van der Waals surface area contributed by atoms with E-state index in [1.165, 1.54) is 12.1 Å². The molecule has 0 unspecified atom stereocenters. The van der Waals surface area contributed by atoms with Crippen molar-refractivity contribution in [2.75, 3.05) is 11.9 Å². The van der Waals surface area contributed by atoms with Gasteiger partial charge in [-0.3, -0.25) is 14.9 Å². The number of rotatable bonds is 5. The number of nitrogens with two attached hydrogens (primary N) is 1. The van der Waals surface area contributed by atoms with Gasteiger partial charge in [-0.15, -0.1) is 11.3 Å². The Morgan fingerprint density at radius 3 is 2.68 bits per heavy atom. The number of primary amides is 1. The molecule has 3 rings (SSSR count). The first-order chi connectivity index (χ1) is 11.9. The highest BCUT2D eigenvalue weighted by Crippen LogP contribution is 2.36. The van der Waals surface area contributed by atoms with Gasteiger partial charge < -0.3 is 10.6 Å². The van der Waals surface area contributed by atoms with Crippen LogP contribution in [0, 0.1) is 10.1 Å².